The fourth-order valence-electron chi connectivity index (χ4n) is 1.28. The third-order valence-corrected chi connectivity index (χ3v) is 2.08. The Morgan fingerprint density at radius 3 is 2.65 bits per heavy atom. The molecule has 1 aromatic carbocycles. The van der Waals surface area contributed by atoms with Gasteiger partial charge in [0.15, 0.2) is 23.0 Å². The number of carbonyl (C=O) groups is 1. The van der Waals surface area contributed by atoms with Gasteiger partial charge in [0.25, 0.3) is 0 Å². The Kier molecular flexibility index (Phi) is 2.43. The number of hydrogen-bond donors (Lipinski definition) is 3. The summed E-state index contributed by atoms with van der Waals surface area (Å²) in [6.45, 7) is 0. The number of carboxylic acid groups (broad SMARTS) is 1. The van der Waals surface area contributed by atoms with Crippen LogP contribution in [0.2, 0.25) is 0 Å². The summed E-state index contributed by atoms with van der Waals surface area (Å²) in [5, 5.41) is 30.4. The van der Waals surface area contributed by atoms with Crippen molar-refractivity contribution in [2.24, 2.45) is 0 Å². The molecule has 2 rings (SSSR count). The molecule has 0 atom stereocenters. The molecule has 1 aromatic heterocycles. The SMILES string of the molecule is O=C(O)c1cc(-c2c(F)ccc(O)c2O)on1. The summed E-state index contributed by atoms with van der Waals surface area (Å²) >= 11 is 0. The van der Waals surface area contributed by atoms with E-state index in [2.05, 4.69) is 9.68 Å². The van der Waals surface area contributed by atoms with Gasteiger partial charge in [0.2, 0.25) is 0 Å². The second-order valence-electron chi connectivity index (χ2n) is 3.17. The first-order valence-electron chi connectivity index (χ1n) is 4.41. The number of benzene rings is 1. The lowest BCUT2D eigenvalue weighted by Gasteiger charge is -2.03. The van der Waals surface area contributed by atoms with Crippen LogP contribution < -0.4 is 0 Å². The standard InChI is InChI=1S/C10H6FNO5/c11-4-1-2-6(13)9(14)8(4)7-3-5(10(15)16)12-17-7/h1-3,13-14H,(H,15,16). The predicted octanol–water partition coefficient (Wildman–Crippen LogP) is 1.59. The van der Waals surface area contributed by atoms with Crippen LogP contribution in [-0.2, 0) is 0 Å². The first-order chi connectivity index (χ1) is 8.00. The van der Waals surface area contributed by atoms with Crippen LogP contribution in [0.1, 0.15) is 10.5 Å². The number of nitrogens with zero attached hydrogens (tertiary/aromatic N) is 1. The number of hydrogen-bond acceptors (Lipinski definition) is 5. The smallest absolute Gasteiger partial charge is 0.358 e. The van der Waals surface area contributed by atoms with Gasteiger partial charge in [-0.2, -0.15) is 0 Å². The van der Waals surface area contributed by atoms with Crippen LogP contribution in [0.4, 0.5) is 4.39 Å². The number of carboxylic acids is 1. The molecule has 3 N–H and O–H groups in total. The molecule has 0 fully saturated rings. The Hall–Kier alpha value is -2.57. The maximum Gasteiger partial charge on any atom is 0.358 e. The monoisotopic (exact) mass is 239 g/mol. The Balaban J connectivity index is 2.60. The van der Waals surface area contributed by atoms with E-state index in [4.69, 9.17) is 5.11 Å². The van der Waals surface area contributed by atoms with Crippen molar-refractivity contribution < 1.29 is 29.0 Å². The van der Waals surface area contributed by atoms with Gasteiger partial charge in [0.1, 0.15) is 11.4 Å². The van der Waals surface area contributed by atoms with E-state index >= 15 is 0 Å². The zero-order chi connectivity index (χ0) is 12.6. The van der Waals surface area contributed by atoms with Gasteiger partial charge >= 0.3 is 5.97 Å². The molecule has 0 saturated heterocycles. The first kappa shape index (κ1) is 10.9. The minimum Gasteiger partial charge on any atom is -0.504 e. The van der Waals surface area contributed by atoms with Crippen molar-refractivity contribution in [1.82, 2.24) is 5.16 Å². The highest BCUT2D eigenvalue weighted by atomic mass is 19.1. The van der Waals surface area contributed by atoms with E-state index in [1.165, 1.54) is 0 Å². The molecule has 6 nitrogen and oxygen atoms in total. The number of halogens is 1. The topological polar surface area (TPSA) is 104 Å². The van der Waals surface area contributed by atoms with Crippen LogP contribution in [0, 0.1) is 5.82 Å². The quantitative estimate of drug-likeness (QED) is 0.687. The highest BCUT2D eigenvalue weighted by molar-refractivity contribution is 5.87. The van der Waals surface area contributed by atoms with Gasteiger partial charge in [0.05, 0.1) is 0 Å². The number of phenolic OH excluding ortho intramolecular Hbond substituents is 2. The molecule has 0 aliphatic heterocycles. The Bertz CT molecular complexity index is 592. The van der Waals surface area contributed by atoms with Crippen LogP contribution in [-0.4, -0.2) is 26.4 Å². The van der Waals surface area contributed by atoms with Crippen LogP contribution in [0.15, 0.2) is 22.7 Å². The lowest BCUT2D eigenvalue weighted by molar-refractivity contribution is 0.0686. The molecule has 0 unspecified atom stereocenters. The average molecular weight is 239 g/mol. The molecule has 0 aliphatic rings. The van der Waals surface area contributed by atoms with Gasteiger partial charge in [-0.15, -0.1) is 0 Å². The fourth-order valence-corrected chi connectivity index (χ4v) is 1.28. The predicted molar refractivity (Wildman–Crippen MR) is 52.2 cm³/mol. The summed E-state index contributed by atoms with van der Waals surface area (Å²) in [5.41, 5.74) is -0.868. The summed E-state index contributed by atoms with van der Waals surface area (Å²) in [5.74, 6) is -3.78. The van der Waals surface area contributed by atoms with Crippen molar-refractivity contribution in [3.63, 3.8) is 0 Å². The number of aromatic nitrogens is 1. The van der Waals surface area contributed by atoms with E-state index in [0.717, 1.165) is 18.2 Å². The lowest BCUT2D eigenvalue weighted by Crippen LogP contribution is -1.94. The third-order valence-electron chi connectivity index (χ3n) is 2.08. The number of phenols is 2. The molecule has 0 spiro atoms. The zero-order valence-corrected chi connectivity index (χ0v) is 8.22. The van der Waals surface area contributed by atoms with Crippen molar-refractivity contribution in [3.05, 3.63) is 29.7 Å². The van der Waals surface area contributed by atoms with E-state index in [1.807, 2.05) is 0 Å². The van der Waals surface area contributed by atoms with Crippen LogP contribution in [0.3, 0.4) is 0 Å². The highest BCUT2D eigenvalue weighted by Crippen LogP contribution is 2.38. The first-order valence-corrected chi connectivity index (χ1v) is 4.41. The van der Waals surface area contributed by atoms with Gasteiger partial charge in [0, 0.05) is 6.07 Å². The third kappa shape index (κ3) is 1.78. The summed E-state index contributed by atoms with van der Waals surface area (Å²) < 4.78 is 18.0. The summed E-state index contributed by atoms with van der Waals surface area (Å²) in [4.78, 5) is 10.6. The summed E-state index contributed by atoms with van der Waals surface area (Å²) in [6.07, 6.45) is 0. The second kappa shape index (κ2) is 3.78. The van der Waals surface area contributed by atoms with Crippen LogP contribution >= 0.6 is 0 Å². The van der Waals surface area contributed by atoms with E-state index in [1.54, 1.807) is 0 Å². The molecule has 0 bridgehead atoms. The highest BCUT2D eigenvalue weighted by Gasteiger charge is 2.20. The van der Waals surface area contributed by atoms with E-state index in [-0.39, 0.29) is 5.76 Å². The Morgan fingerprint density at radius 1 is 1.35 bits per heavy atom. The minimum absolute atomic E-state index is 0.284. The molecule has 88 valence electrons. The van der Waals surface area contributed by atoms with E-state index < -0.39 is 34.5 Å². The molecule has 0 aliphatic carbocycles. The molecule has 7 heteroatoms. The normalized spacial score (nSPS) is 10.4. The van der Waals surface area contributed by atoms with Gasteiger partial charge in [-0.1, -0.05) is 5.16 Å². The van der Waals surface area contributed by atoms with Gasteiger partial charge in [-0.3, -0.25) is 0 Å². The maximum atomic E-state index is 13.4. The molecule has 0 amide bonds. The number of aromatic hydroxyl groups is 2. The van der Waals surface area contributed by atoms with Crippen LogP contribution in [0.25, 0.3) is 11.3 Å². The largest absolute Gasteiger partial charge is 0.504 e. The summed E-state index contributed by atoms with van der Waals surface area (Å²) in [6, 6.07) is 2.82. The van der Waals surface area contributed by atoms with Crippen molar-refractivity contribution in [3.8, 4) is 22.8 Å². The van der Waals surface area contributed by atoms with E-state index in [9.17, 15) is 19.4 Å². The number of rotatable bonds is 2. The van der Waals surface area contributed by atoms with Crippen molar-refractivity contribution in [2.75, 3.05) is 0 Å². The Labute approximate surface area is 93.5 Å². The second-order valence-corrected chi connectivity index (χ2v) is 3.17. The van der Waals surface area contributed by atoms with Crippen LogP contribution in [0.5, 0.6) is 11.5 Å². The molecule has 1 heterocycles. The van der Waals surface area contributed by atoms with Crippen molar-refractivity contribution >= 4 is 5.97 Å². The van der Waals surface area contributed by atoms with Gasteiger partial charge < -0.3 is 19.8 Å². The fraction of sp³-hybridized carbons (Fsp3) is 0. The van der Waals surface area contributed by atoms with Crippen molar-refractivity contribution in [1.29, 1.82) is 0 Å². The van der Waals surface area contributed by atoms with Crippen molar-refractivity contribution in [2.45, 2.75) is 0 Å². The molecule has 17 heavy (non-hydrogen) atoms. The van der Waals surface area contributed by atoms with Gasteiger partial charge in [-0.05, 0) is 12.1 Å². The lowest BCUT2D eigenvalue weighted by atomic mass is 10.1. The number of aromatic carboxylic acids is 1. The average Bonchev–Trinajstić information content (AvgIpc) is 2.73. The van der Waals surface area contributed by atoms with E-state index in [0.29, 0.717) is 0 Å². The zero-order valence-electron chi connectivity index (χ0n) is 8.22. The molecule has 0 radical (unpaired) electrons. The minimum atomic E-state index is -1.35. The summed E-state index contributed by atoms with van der Waals surface area (Å²) in [7, 11) is 0. The molecule has 0 saturated carbocycles. The maximum absolute atomic E-state index is 13.4. The molecular formula is C10H6FNO5. The molecule has 2 aromatic rings. The van der Waals surface area contributed by atoms with Gasteiger partial charge in [-0.25, -0.2) is 9.18 Å². The Morgan fingerprint density at radius 2 is 2.06 bits per heavy atom. The molecular weight excluding hydrogens is 233 g/mol.